The lowest BCUT2D eigenvalue weighted by molar-refractivity contribution is 0.327. The first-order valence-corrected chi connectivity index (χ1v) is 7.18. The van der Waals surface area contributed by atoms with Crippen LogP contribution in [0.15, 0.2) is 46.9 Å². The van der Waals surface area contributed by atoms with Gasteiger partial charge in [0.15, 0.2) is 0 Å². The molecule has 22 heavy (non-hydrogen) atoms. The highest BCUT2D eigenvalue weighted by atomic mass is 35.5. The van der Waals surface area contributed by atoms with E-state index in [1.165, 1.54) is 16.3 Å². The maximum Gasteiger partial charge on any atom is 0.139 e. The first kappa shape index (κ1) is 17.1. The zero-order valence-electron chi connectivity index (χ0n) is 12.2. The number of nitrogens with zero attached hydrogens (tertiary/aromatic N) is 1. The van der Waals surface area contributed by atoms with E-state index < -0.39 is 0 Å². The van der Waals surface area contributed by atoms with Crippen molar-refractivity contribution >= 4 is 46.8 Å². The summed E-state index contributed by atoms with van der Waals surface area (Å²) in [5.41, 5.74) is 9.23. The van der Waals surface area contributed by atoms with Gasteiger partial charge in [0.25, 0.3) is 0 Å². The molecule has 1 aliphatic rings. The molecule has 1 fully saturated rings. The van der Waals surface area contributed by atoms with Crippen molar-refractivity contribution in [2.45, 2.75) is 19.0 Å². The highest BCUT2D eigenvalue weighted by molar-refractivity contribution is 6.05. The molecule has 1 saturated heterocycles. The van der Waals surface area contributed by atoms with Gasteiger partial charge in [-0.15, -0.1) is 24.8 Å². The molecule has 0 spiro atoms. The average Bonchev–Trinajstić information content (AvgIpc) is 3.03. The normalized spacial score (nSPS) is 18.3. The Morgan fingerprint density at radius 2 is 1.82 bits per heavy atom. The molecule has 0 bridgehead atoms. The van der Waals surface area contributed by atoms with E-state index in [9.17, 15) is 0 Å². The molecular formula is C17H20Cl2N2O. The minimum Gasteiger partial charge on any atom is -0.456 e. The Morgan fingerprint density at radius 1 is 1.05 bits per heavy atom. The van der Waals surface area contributed by atoms with Gasteiger partial charge in [-0.3, -0.25) is 4.90 Å². The minimum atomic E-state index is 0. The summed E-state index contributed by atoms with van der Waals surface area (Å²) >= 11 is 0. The van der Waals surface area contributed by atoms with Crippen LogP contribution in [0, 0.1) is 0 Å². The minimum absolute atomic E-state index is 0. The Hall–Kier alpha value is -1.26. The fourth-order valence-corrected chi connectivity index (χ4v) is 3.18. The molecule has 1 aromatic heterocycles. The van der Waals surface area contributed by atoms with Crippen LogP contribution < -0.4 is 5.73 Å². The van der Waals surface area contributed by atoms with Crippen LogP contribution in [0.2, 0.25) is 0 Å². The number of nitrogens with two attached hydrogens (primary N) is 1. The van der Waals surface area contributed by atoms with Gasteiger partial charge in [-0.25, -0.2) is 0 Å². The number of likely N-dealkylation sites (tertiary alicyclic amines) is 1. The third-order valence-corrected chi connectivity index (χ3v) is 4.19. The average molecular weight is 339 g/mol. The van der Waals surface area contributed by atoms with Gasteiger partial charge in [-0.1, -0.05) is 36.4 Å². The Morgan fingerprint density at radius 3 is 2.59 bits per heavy atom. The van der Waals surface area contributed by atoms with Crippen molar-refractivity contribution in [2.24, 2.45) is 5.73 Å². The van der Waals surface area contributed by atoms with Crippen molar-refractivity contribution in [2.75, 3.05) is 13.1 Å². The van der Waals surface area contributed by atoms with Crippen LogP contribution in [-0.4, -0.2) is 24.0 Å². The Labute approximate surface area is 142 Å². The van der Waals surface area contributed by atoms with Crippen LogP contribution in [0.4, 0.5) is 0 Å². The largest absolute Gasteiger partial charge is 0.456 e. The van der Waals surface area contributed by atoms with E-state index in [0.717, 1.165) is 37.2 Å². The summed E-state index contributed by atoms with van der Waals surface area (Å²) in [6.07, 6.45) is 1.09. The van der Waals surface area contributed by atoms with Crippen LogP contribution in [0.1, 0.15) is 12.0 Å². The van der Waals surface area contributed by atoms with Gasteiger partial charge in [-0.2, -0.15) is 0 Å². The molecule has 1 atom stereocenters. The molecule has 1 aliphatic heterocycles. The van der Waals surface area contributed by atoms with Gasteiger partial charge >= 0.3 is 0 Å². The molecule has 0 radical (unpaired) electrons. The topological polar surface area (TPSA) is 42.4 Å². The van der Waals surface area contributed by atoms with Crippen molar-refractivity contribution in [1.29, 1.82) is 0 Å². The molecule has 4 rings (SSSR count). The van der Waals surface area contributed by atoms with E-state index in [0.29, 0.717) is 6.04 Å². The summed E-state index contributed by atoms with van der Waals surface area (Å²) in [7, 11) is 0. The molecule has 3 aromatic rings. The third-order valence-electron chi connectivity index (χ3n) is 4.19. The number of halogens is 2. The van der Waals surface area contributed by atoms with Crippen molar-refractivity contribution < 1.29 is 4.42 Å². The maximum absolute atomic E-state index is 6.06. The Balaban J connectivity index is 0.000000882. The molecule has 3 nitrogen and oxygen atoms in total. The predicted molar refractivity (Wildman–Crippen MR) is 96.1 cm³/mol. The van der Waals surface area contributed by atoms with Crippen molar-refractivity contribution in [1.82, 2.24) is 4.90 Å². The van der Waals surface area contributed by atoms with Gasteiger partial charge in [0.2, 0.25) is 0 Å². The first-order valence-electron chi connectivity index (χ1n) is 7.18. The fraction of sp³-hybridized carbons (Fsp3) is 0.294. The van der Waals surface area contributed by atoms with E-state index in [1.807, 2.05) is 12.1 Å². The molecule has 5 heteroatoms. The summed E-state index contributed by atoms with van der Waals surface area (Å²) in [6.45, 7) is 2.99. The van der Waals surface area contributed by atoms with Crippen molar-refractivity contribution in [3.63, 3.8) is 0 Å². The number of para-hydroxylation sites is 2. The van der Waals surface area contributed by atoms with Crippen molar-refractivity contribution in [3.05, 3.63) is 48.0 Å². The lowest BCUT2D eigenvalue weighted by Crippen LogP contribution is -2.26. The summed E-state index contributed by atoms with van der Waals surface area (Å²) in [5.74, 6) is 0. The summed E-state index contributed by atoms with van der Waals surface area (Å²) in [5, 5.41) is 2.41. The first-order chi connectivity index (χ1) is 9.81. The van der Waals surface area contributed by atoms with E-state index in [1.54, 1.807) is 0 Å². The summed E-state index contributed by atoms with van der Waals surface area (Å²) in [6, 6.07) is 15.0. The smallest absolute Gasteiger partial charge is 0.139 e. The zero-order chi connectivity index (χ0) is 13.5. The lowest BCUT2D eigenvalue weighted by Gasteiger charge is -2.15. The van der Waals surface area contributed by atoms with Crippen molar-refractivity contribution in [3.8, 4) is 0 Å². The highest BCUT2D eigenvalue weighted by Crippen LogP contribution is 2.31. The number of hydrogen-bond donors (Lipinski definition) is 1. The Kier molecular flexibility index (Phi) is 5.35. The van der Waals surface area contributed by atoms with Gasteiger partial charge < -0.3 is 10.2 Å². The number of rotatable bonds is 2. The molecule has 0 aliphatic carbocycles. The molecule has 2 N–H and O–H groups in total. The Bertz CT molecular complexity index is 772. The van der Waals surface area contributed by atoms with Gasteiger partial charge in [-0.05, 0) is 12.5 Å². The summed E-state index contributed by atoms with van der Waals surface area (Å²) < 4.78 is 6.06. The highest BCUT2D eigenvalue weighted by Gasteiger charge is 2.20. The third kappa shape index (κ3) is 2.95. The monoisotopic (exact) mass is 338 g/mol. The van der Waals surface area contributed by atoms with Crippen LogP contribution in [0.3, 0.4) is 0 Å². The molecule has 2 heterocycles. The van der Waals surface area contributed by atoms with E-state index in [-0.39, 0.29) is 24.8 Å². The molecule has 1 unspecified atom stereocenters. The SMILES string of the molecule is Cl.Cl.NC1CCN(Cc2cccc3c2oc2ccccc23)C1. The molecule has 0 saturated carbocycles. The van der Waals surface area contributed by atoms with Gasteiger partial charge in [0.05, 0.1) is 0 Å². The van der Waals surface area contributed by atoms with Crippen LogP contribution in [-0.2, 0) is 6.54 Å². The van der Waals surface area contributed by atoms with Crippen LogP contribution in [0.5, 0.6) is 0 Å². The lowest BCUT2D eigenvalue weighted by atomic mass is 10.1. The second-order valence-corrected chi connectivity index (χ2v) is 5.68. The molecule has 118 valence electrons. The number of hydrogen-bond acceptors (Lipinski definition) is 3. The molecule has 0 amide bonds. The van der Waals surface area contributed by atoms with E-state index >= 15 is 0 Å². The number of benzene rings is 2. The van der Waals surface area contributed by atoms with Gasteiger partial charge in [0.1, 0.15) is 11.2 Å². The standard InChI is InChI=1S/C17H18N2O.2ClH/c18-13-8-9-19(11-13)10-12-4-3-6-15-14-5-1-2-7-16(14)20-17(12)15;;/h1-7,13H,8-11,18H2;2*1H. The maximum atomic E-state index is 6.06. The summed E-state index contributed by atoms with van der Waals surface area (Å²) in [4.78, 5) is 2.41. The predicted octanol–water partition coefficient (Wildman–Crippen LogP) is 3.96. The van der Waals surface area contributed by atoms with Crippen LogP contribution >= 0.6 is 24.8 Å². The van der Waals surface area contributed by atoms with E-state index in [2.05, 4.69) is 35.2 Å². The number of fused-ring (bicyclic) bond motifs is 3. The quantitative estimate of drug-likeness (QED) is 0.768. The fourth-order valence-electron chi connectivity index (χ4n) is 3.18. The molecule has 2 aromatic carbocycles. The second-order valence-electron chi connectivity index (χ2n) is 5.68. The second kappa shape index (κ2) is 6.88. The molecular weight excluding hydrogens is 319 g/mol. The van der Waals surface area contributed by atoms with Gasteiger partial charge in [0, 0.05) is 42.0 Å². The van der Waals surface area contributed by atoms with E-state index in [4.69, 9.17) is 10.2 Å². The van der Waals surface area contributed by atoms with Crippen LogP contribution in [0.25, 0.3) is 21.9 Å². The number of furan rings is 1. The zero-order valence-corrected chi connectivity index (χ0v) is 13.8.